The fourth-order valence-corrected chi connectivity index (χ4v) is 4.74. The number of unbranched alkanes of at least 4 members (excludes halogenated alkanes) is 1. The lowest BCUT2D eigenvalue weighted by atomic mass is 9.84. The van der Waals surface area contributed by atoms with Gasteiger partial charge in [0, 0.05) is 26.1 Å². The molecule has 1 aliphatic carbocycles. The molecule has 0 aromatic carbocycles. The molecule has 1 aliphatic heterocycles. The van der Waals surface area contributed by atoms with E-state index in [0.717, 1.165) is 37.7 Å². The first-order chi connectivity index (χ1) is 18.0. The predicted octanol–water partition coefficient (Wildman–Crippen LogP) is -0.859. The van der Waals surface area contributed by atoms with Crippen LogP contribution in [0.25, 0.3) is 0 Å². The summed E-state index contributed by atoms with van der Waals surface area (Å²) in [6.07, 6.45) is 6.65. The van der Waals surface area contributed by atoms with Crippen LogP contribution in [0.15, 0.2) is 11.6 Å². The van der Waals surface area contributed by atoms with Gasteiger partial charge in [0.05, 0.1) is 6.10 Å². The smallest absolute Gasteiger partial charge is 0.326 e. The number of aliphatic hydroxyl groups is 1. The molecule has 0 radical (unpaired) electrons. The number of carbonyl (C=O) groups excluding carboxylic acids is 3. The second-order valence-corrected chi connectivity index (χ2v) is 10.2. The number of aliphatic hydroxyl groups excluding tert-OH is 1. The van der Waals surface area contributed by atoms with E-state index in [0.29, 0.717) is 25.9 Å². The molecule has 0 bridgehead atoms. The molecule has 2 rings (SSSR count). The van der Waals surface area contributed by atoms with Gasteiger partial charge in [-0.2, -0.15) is 0 Å². The van der Waals surface area contributed by atoms with E-state index in [1.54, 1.807) is 4.90 Å². The van der Waals surface area contributed by atoms with Crippen molar-refractivity contribution in [2.24, 2.45) is 17.4 Å². The number of rotatable bonds is 14. The lowest BCUT2D eigenvalue weighted by Gasteiger charge is -2.28. The lowest BCUT2D eigenvalue weighted by Crippen LogP contribution is -2.54. The van der Waals surface area contributed by atoms with Crippen LogP contribution in [-0.4, -0.2) is 88.6 Å². The normalized spacial score (nSPS) is 19.0. The molecule has 13 nitrogen and oxygen atoms in total. The van der Waals surface area contributed by atoms with Gasteiger partial charge in [-0.25, -0.2) is 4.79 Å². The van der Waals surface area contributed by atoms with Crippen LogP contribution in [0.1, 0.15) is 64.7 Å². The van der Waals surface area contributed by atoms with Gasteiger partial charge >= 0.3 is 5.97 Å². The van der Waals surface area contributed by atoms with Crippen molar-refractivity contribution in [3.05, 3.63) is 11.6 Å². The van der Waals surface area contributed by atoms with E-state index in [2.05, 4.69) is 16.0 Å². The van der Waals surface area contributed by atoms with Gasteiger partial charge in [0.1, 0.15) is 18.1 Å². The molecule has 10 N–H and O–H groups in total. The van der Waals surface area contributed by atoms with Gasteiger partial charge in [-0.1, -0.05) is 30.9 Å². The average molecular weight is 538 g/mol. The standard InChI is InChI=1S/C25H43N7O6/c1-15(33)20(26)23(36)30-18(13-16-10-12-32(14-16)25(27)28)22(35)29-11-6-5-9-19(34)31-21(24(37)38)17-7-3-2-4-8-17/h10,15,17-18,20-21,33H,2-9,11-14,26H2,1H3,(H3,27,28)(H,29,35)(H,30,36)(H,31,34)(H,37,38). The molecule has 4 atom stereocenters. The second kappa shape index (κ2) is 15.3. The van der Waals surface area contributed by atoms with Crippen LogP contribution in [0.2, 0.25) is 0 Å². The van der Waals surface area contributed by atoms with Crippen molar-refractivity contribution in [3.8, 4) is 0 Å². The van der Waals surface area contributed by atoms with Gasteiger partial charge in [-0.3, -0.25) is 19.8 Å². The number of nitrogens with one attached hydrogen (secondary N) is 4. The van der Waals surface area contributed by atoms with E-state index < -0.39 is 42.0 Å². The van der Waals surface area contributed by atoms with Gasteiger partial charge < -0.3 is 42.5 Å². The second-order valence-electron chi connectivity index (χ2n) is 10.2. The van der Waals surface area contributed by atoms with Gasteiger partial charge in [0.15, 0.2) is 5.96 Å². The van der Waals surface area contributed by atoms with Crippen molar-refractivity contribution in [1.29, 1.82) is 5.41 Å². The molecule has 0 spiro atoms. The zero-order valence-electron chi connectivity index (χ0n) is 22.1. The highest BCUT2D eigenvalue weighted by atomic mass is 16.4. The quantitative estimate of drug-likeness (QED) is 0.0596. The maximum Gasteiger partial charge on any atom is 0.326 e. The van der Waals surface area contributed by atoms with Crippen LogP contribution in [0.5, 0.6) is 0 Å². The summed E-state index contributed by atoms with van der Waals surface area (Å²) in [4.78, 5) is 50.9. The van der Waals surface area contributed by atoms with Gasteiger partial charge in [-0.05, 0) is 44.9 Å². The van der Waals surface area contributed by atoms with Crippen LogP contribution in [-0.2, 0) is 19.2 Å². The number of guanidine groups is 1. The van der Waals surface area contributed by atoms with Crippen molar-refractivity contribution in [1.82, 2.24) is 20.9 Å². The average Bonchev–Trinajstić information content (AvgIpc) is 3.35. The fourth-order valence-electron chi connectivity index (χ4n) is 4.74. The molecule has 0 aromatic heterocycles. The largest absolute Gasteiger partial charge is 0.480 e. The Morgan fingerprint density at radius 1 is 1.13 bits per heavy atom. The zero-order valence-corrected chi connectivity index (χ0v) is 22.1. The zero-order chi connectivity index (χ0) is 28.2. The highest BCUT2D eigenvalue weighted by molar-refractivity contribution is 5.90. The van der Waals surface area contributed by atoms with Crippen molar-refractivity contribution in [2.75, 3.05) is 19.6 Å². The number of hydrogen-bond donors (Lipinski definition) is 8. The first kappa shape index (κ1) is 31.0. The van der Waals surface area contributed by atoms with Gasteiger partial charge in [0.2, 0.25) is 17.7 Å². The Bertz CT molecular complexity index is 887. The molecule has 214 valence electrons. The molecule has 3 amide bonds. The molecule has 1 fully saturated rings. The number of hydrogen-bond acceptors (Lipinski definition) is 7. The van der Waals surface area contributed by atoms with E-state index in [-0.39, 0.29) is 37.2 Å². The van der Waals surface area contributed by atoms with Crippen molar-refractivity contribution >= 4 is 29.7 Å². The molecule has 38 heavy (non-hydrogen) atoms. The van der Waals surface area contributed by atoms with E-state index >= 15 is 0 Å². The minimum atomic E-state index is -1.20. The maximum absolute atomic E-state index is 12.9. The van der Waals surface area contributed by atoms with Crippen molar-refractivity contribution < 1.29 is 29.4 Å². The third-order valence-corrected chi connectivity index (χ3v) is 7.09. The third-order valence-electron chi connectivity index (χ3n) is 7.09. The van der Waals surface area contributed by atoms with E-state index in [4.69, 9.17) is 16.9 Å². The van der Waals surface area contributed by atoms with Gasteiger partial charge in [0.25, 0.3) is 0 Å². The van der Waals surface area contributed by atoms with Gasteiger partial charge in [-0.15, -0.1) is 0 Å². The lowest BCUT2D eigenvalue weighted by molar-refractivity contribution is -0.143. The number of carbonyl (C=O) groups is 4. The summed E-state index contributed by atoms with van der Waals surface area (Å²) in [5, 5.41) is 34.7. The number of aliphatic carboxylic acids is 1. The summed E-state index contributed by atoms with van der Waals surface area (Å²) in [7, 11) is 0. The molecule has 0 aromatic rings. The summed E-state index contributed by atoms with van der Waals surface area (Å²) in [5.74, 6) is -2.57. The highest BCUT2D eigenvalue weighted by Crippen LogP contribution is 2.26. The molecule has 13 heteroatoms. The Morgan fingerprint density at radius 2 is 1.82 bits per heavy atom. The number of carboxylic acid groups (broad SMARTS) is 1. The van der Waals surface area contributed by atoms with Crippen LogP contribution in [0.4, 0.5) is 0 Å². The van der Waals surface area contributed by atoms with Crippen LogP contribution >= 0.6 is 0 Å². The fraction of sp³-hybridized carbons (Fsp3) is 0.720. The number of nitrogens with zero attached hydrogens (tertiary/aromatic N) is 1. The maximum atomic E-state index is 12.9. The molecular weight excluding hydrogens is 494 g/mol. The summed E-state index contributed by atoms with van der Waals surface area (Å²) in [5.41, 5.74) is 12.1. The molecule has 4 unspecified atom stereocenters. The molecule has 2 aliphatic rings. The Morgan fingerprint density at radius 3 is 2.39 bits per heavy atom. The van der Waals surface area contributed by atoms with E-state index in [9.17, 15) is 29.4 Å². The third kappa shape index (κ3) is 9.93. The molecule has 0 saturated heterocycles. The first-order valence-corrected chi connectivity index (χ1v) is 13.3. The molecule has 1 heterocycles. The van der Waals surface area contributed by atoms with Crippen LogP contribution in [0.3, 0.4) is 0 Å². The summed E-state index contributed by atoms with van der Waals surface area (Å²) < 4.78 is 0. The minimum Gasteiger partial charge on any atom is -0.480 e. The van der Waals surface area contributed by atoms with E-state index in [1.165, 1.54) is 6.92 Å². The van der Waals surface area contributed by atoms with Crippen LogP contribution in [0, 0.1) is 11.3 Å². The molecular formula is C25H43N7O6. The minimum absolute atomic E-state index is 0.0453. The summed E-state index contributed by atoms with van der Waals surface area (Å²) in [6, 6.07) is -3.01. The Labute approximate surface area is 223 Å². The van der Waals surface area contributed by atoms with Crippen molar-refractivity contribution in [2.45, 2.75) is 88.9 Å². The topological polar surface area (TPSA) is 224 Å². The Hall–Kier alpha value is -3.19. The number of amides is 3. The van der Waals surface area contributed by atoms with Crippen molar-refractivity contribution in [3.63, 3.8) is 0 Å². The Balaban J connectivity index is 1.82. The Kier molecular flexibility index (Phi) is 12.5. The SMILES string of the molecule is CC(O)C(N)C(=O)NC(CC1=CCN(C(=N)N)C1)C(=O)NCCCCC(=O)NC(C(=O)O)C1CCCCC1. The predicted molar refractivity (Wildman–Crippen MR) is 141 cm³/mol. The highest BCUT2D eigenvalue weighted by Gasteiger charge is 2.31. The van der Waals surface area contributed by atoms with E-state index in [1.807, 2.05) is 6.08 Å². The monoisotopic (exact) mass is 537 g/mol. The first-order valence-electron chi connectivity index (χ1n) is 13.3. The molecule has 1 saturated carbocycles. The summed E-state index contributed by atoms with van der Waals surface area (Å²) >= 11 is 0. The number of nitrogens with two attached hydrogens (primary N) is 2. The summed E-state index contributed by atoms with van der Waals surface area (Å²) in [6.45, 7) is 2.44. The van der Waals surface area contributed by atoms with Crippen LogP contribution < -0.4 is 27.4 Å². The number of carboxylic acids is 1.